The lowest BCUT2D eigenvalue weighted by Crippen LogP contribution is -2.06. The van der Waals surface area contributed by atoms with Gasteiger partial charge in [-0.3, -0.25) is 4.57 Å². The van der Waals surface area contributed by atoms with Crippen LogP contribution >= 0.6 is 11.3 Å². The lowest BCUT2D eigenvalue weighted by atomic mass is 10.0. The summed E-state index contributed by atoms with van der Waals surface area (Å²) in [4.78, 5) is 14.6. The maximum atomic E-state index is 9.64. The zero-order valence-electron chi connectivity index (χ0n) is 32.8. The molecule has 0 aliphatic carbocycles. The van der Waals surface area contributed by atoms with Gasteiger partial charge in [0.15, 0.2) is 11.6 Å². The van der Waals surface area contributed by atoms with Crippen molar-refractivity contribution in [1.82, 2.24) is 19.5 Å². The third kappa shape index (κ3) is 4.02. The molecule has 0 N–H and O–H groups in total. The maximum absolute atomic E-state index is 9.64. The average Bonchev–Trinajstić information content (AvgIpc) is 3.79. The van der Waals surface area contributed by atoms with Crippen molar-refractivity contribution < 1.29 is 13.7 Å². The highest BCUT2D eigenvalue weighted by molar-refractivity contribution is 7.25. The minimum atomic E-state index is -0.534. The molecule has 0 amide bonds. The first kappa shape index (κ1) is 16.8. The molecule has 0 aliphatic heterocycles. The monoisotopic (exact) mass is 590 g/mol. The van der Waals surface area contributed by atoms with Gasteiger partial charge < -0.3 is 0 Å². The minimum Gasteiger partial charge on any atom is -0.278 e. The Hall–Kier alpha value is -5.65. The van der Waals surface area contributed by atoms with Crippen LogP contribution in [-0.2, 0) is 0 Å². The van der Waals surface area contributed by atoms with Gasteiger partial charge in [0.05, 0.1) is 24.7 Å². The molecule has 0 saturated heterocycles. The fourth-order valence-electron chi connectivity index (χ4n) is 5.48. The molecular formula is C39H24N4S. The number of rotatable bonds is 4. The summed E-state index contributed by atoms with van der Waals surface area (Å²) in [5, 5.41) is 0.155. The Labute approximate surface area is 271 Å². The smallest absolute Gasteiger partial charge is 0.238 e. The average molecular weight is 591 g/mol. The van der Waals surface area contributed by atoms with Crippen molar-refractivity contribution in [3.05, 3.63) is 145 Å². The molecule has 9 aromatic rings. The molecule has 3 aromatic heterocycles. The molecule has 0 aliphatic rings. The zero-order valence-corrected chi connectivity index (χ0v) is 23.6. The Kier molecular flexibility index (Phi) is 3.82. The molecule has 0 saturated carbocycles. The van der Waals surface area contributed by atoms with Gasteiger partial charge in [0, 0.05) is 42.1 Å². The largest absolute Gasteiger partial charge is 0.278 e. The van der Waals surface area contributed by atoms with E-state index in [-0.39, 0.29) is 83.7 Å². The maximum Gasteiger partial charge on any atom is 0.238 e. The van der Waals surface area contributed by atoms with Crippen molar-refractivity contribution in [2.45, 2.75) is 0 Å². The Bertz CT molecular complexity index is 3060. The highest BCUT2D eigenvalue weighted by Gasteiger charge is 2.19. The Morgan fingerprint density at radius 3 is 1.98 bits per heavy atom. The lowest BCUT2D eigenvalue weighted by molar-refractivity contribution is 0.954. The molecule has 0 unspecified atom stereocenters. The highest BCUT2D eigenvalue weighted by atomic mass is 32.1. The molecule has 6 aromatic carbocycles. The van der Waals surface area contributed by atoms with Crippen LogP contribution in [0.25, 0.3) is 81.8 Å². The molecule has 5 heteroatoms. The SMILES string of the molecule is [2H]c1c([2H])c([2H])c2c(sc3c([2H])c4c(c([2H])c32)c2c([2H])c([2H])c([2H])c([2H])c2n4-c2nc(-c3ccccc3)nc(-c3cccc(-c4ccccc4)c3)n2)c1[2H]. The fraction of sp³-hybridized carbons (Fsp3) is 0. The van der Waals surface area contributed by atoms with Gasteiger partial charge >= 0.3 is 0 Å². The zero-order chi connectivity index (χ0) is 37.7. The molecule has 206 valence electrons. The molecule has 0 fully saturated rings. The van der Waals surface area contributed by atoms with E-state index in [4.69, 9.17) is 25.9 Å². The molecule has 44 heavy (non-hydrogen) atoms. The fourth-order valence-corrected chi connectivity index (χ4v) is 6.44. The summed E-state index contributed by atoms with van der Waals surface area (Å²) in [6, 6.07) is 22.7. The number of aromatic nitrogens is 4. The molecule has 0 atom stereocenters. The van der Waals surface area contributed by atoms with Crippen LogP contribution in [0.2, 0.25) is 0 Å². The van der Waals surface area contributed by atoms with Gasteiger partial charge in [-0.05, 0) is 41.4 Å². The van der Waals surface area contributed by atoms with Gasteiger partial charge in [-0.1, -0.05) is 115 Å². The molecule has 0 bridgehead atoms. The molecule has 4 nitrogen and oxygen atoms in total. The molecule has 0 radical (unpaired) electrons. The van der Waals surface area contributed by atoms with Crippen LogP contribution in [0.3, 0.4) is 0 Å². The van der Waals surface area contributed by atoms with Gasteiger partial charge in [-0.15, -0.1) is 11.3 Å². The summed E-state index contributed by atoms with van der Waals surface area (Å²) in [5.41, 5.74) is 3.16. The van der Waals surface area contributed by atoms with E-state index < -0.39 is 36.3 Å². The normalized spacial score (nSPS) is 14.8. The van der Waals surface area contributed by atoms with Crippen molar-refractivity contribution in [1.29, 1.82) is 0 Å². The minimum absolute atomic E-state index is 0.0101. The van der Waals surface area contributed by atoms with Crippen molar-refractivity contribution in [3.8, 4) is 39.9 Å². The van der Waals surface area contributed by atoms with Gasteiger partial charge in [0.25, 0.3) is 0 Å². The summed E-state index contributed by atoms with van der Waals surface area (Å²) < 4.78 is 90.4. The van der Waals surface area contributed by atoms with Crippen LogP contribution in [0, 0.1) is 0 Å². The number of thiophene rings is 1. The van der Waals surface area contributed by atoms with Crippen molar-refractivity contribution in [2.24, 2.45) is 0 Å². The molecular weight excluding hydrogens is 557 g/mol. The quantitative estimate of drug-likeness (QED) is 0.205. The third-order valence-corrected chi connectivity index (χ3v) is 8.52. The first-order valence-corrected chi connectivity index (χ1v) is 14.6. The number of hydrogen-bond donors (Lipinski definition) is 0. The Morgan fingerprint density at radius 2 is 1.16 bits per heavy atom. The molecule has 0 spiro atoms. The van der Waals surface area contributed by atoms with Crippen LogP contribution in [0.5, 0.6) is 0 Å². The second kappa shape index (κ2) is 9.97. The number of fused-ring (bicyclic) bond motifs is 6. The summed E-state index contributed by atoms with van der Waals surface area (Å²) in [6.07, 6.45) is 0. The summed E-state index contributed by atoms with van der Waals surface area (Å²) >= 11 is 0.956. The molecule has 3 heterocycles. The molecule has 9 rings (SSSR count). The summed E-state index contributed by atoms with van der Waals surface area (Å²) in [6.45, 7) is 0. The summed E-state index contributed by atoms with van der Waals surface area (Å²) in [5.74, 6) is 0.476. The van der Waals surface area contributed by atoms with Gasteiger partial charge in [-0.2, -0.15) is 9.97 Å². The second-order valence-corrected chi connectivity index (χ2v) is 11.2. The van der Waals surface area contributed by atoms with Gasteiger partial charge in [0.2, 0.25) is 5.95 Å². The lowest BCUT2D eigenvalue weighted by Gasteiger charge is -2.11. The van der Waals surface area contributed by atoms with Crippen molar-refractivity contribution in [3.63, 3.8) is 0 Å². The number of nitrogens with zero attached hydrogens (tertiary/aromatic N) is 4. The topological polar surface area (TPSA) is 43.6 Å². The second-order valence-electron chi connectivity index (χ2n) is 10.1. The number of benzene rings is 6. The van der Waals surface area contributed by atoms with E-state index in [0.29, 0.717) is 11.1 Å². The van der Waals surface area contributed by atoms with E-state index in [1.54, 1.807) is 0 Å². The predicted octanol–water partition coefficient (Wildman–Crippen LogP) is 10.3. The van der Waals surface area contributed by atoms with Gasteiger partial charge in [-0.25, -0.2) is 4.98 Å². The van der Waals surface area contributed by atoms with Crippen molar-refractivity contribution >= 4 is 53.3 Å². The predicted molar refractivity (Wildman–Crippen MR) is 183 cm³/mol. The van der Waals surface area contributed by atoms with Gasteiger partial charge in [0.1, 0.15) is 0 Å². The van der Waals surface area contributed by atoms with Crippen molar-refractivity contribution in [2.75, 3.05) is 0 Å². The number of para-hydroxylation sites is 1. The Balaban J connectivity index is 1.46. The van der Waals surface area contributed by atoms with Crippen LogP contribution in [-0.4, -0.2) is 19.5 Å². The van der Waals surface area contributed by atoms with Crippen LogP contribution < -0.4 is 0 Å². The third-order valence-electron chi connectivity index (χ3n) is 7.50. The van der Waals surface area contributed by atoms with Crippen LogP contribution in [0.4, 0.5) is 0 Å². The number of hydrogen-bond acceptors (Lipinski definition) is 4. The van der Waals surface area contributed by atoms with E-state index in [1.807, 2.05) is 84.9 Å². The van der Waals surface area contributed by atoms with E-state index in [0.717, 1.165) is 22.5 Å². The first-order valence-electron chi connectivity index (χ1n) is 18.8. The Morgan fingerprint density at radius 1 is 0.500 bits per heavy atom. The highest BCUT2D eigenvalue weighted by Crippen LogP contribution is 2.40. The van der Waals surface area contributed by atoms with Crippen LogP contribution in [0.15, 0.2) is 145 Å². The summed E-state index contributed by atoms with van der Waals surface area (Å²) in [7, 11) is 0. The standard InChI is InChI=1S/C39H24N4S/c1-3-12-25(13-4-1)27-16-11-17-28(22-27)38-40-37(26-14-5-2-6-15-26)41-39(42-38)43-33-20-9-7-18-29(33)31-23-32-30-19-8-10-21-35(30)44-36(32)24-34(31)43/h1-24H/i7D,8D,9D,10D,18D,19D,20D,21D,23D,24D. The van der Waals surface area contributed by atoms with E-state index >= 15 is 0 Å². The van der Waals surface area contributed by atoms with E-state index in [2.05, 4.69) is 0 Å². The van der Waals surface area contributed by atoms with E-state index in [9.17, 15) is 2.74 Å². The first-order chi connectivity index (χ1) is 26.0. The van der Waals surface area contributed by atoms with Crippen LogP contribution in [0.1, 0.15) is 13.7 Å². The van der Waals surface area contributed by atoms with E-state index in [1.165, 1.54) is 4.57 Å².